The van der Waals surface area contributed by atoms with Gasteiger partial charge in [0.2, 0.25) is 0 Å². The lowest BCUT2D eigenvalue weighted by Gasteiger charge is -2.08. The molecule has 92 valence electrons. The maximum absolute atomic E-state index is 5.84. The van der Waals surface area contributed by atoms with Gasteiger partial charge in [-0.2, -0.15) is 0 Å². The molecule has 3 N–H and O–H groups in total. The van der Waals surface area contributed by atoms with Crippen molar-refractivity contribution in [2.75, 3.05) is 13.2 Å². The van der Waals surface area contributed by atoms with E-state index < -0.39 is 0 Å². The van der Waals surface area contributed by atoms with Gasteiger partial charge >= 0.3 is 0 Å². The standard InChI is InChI=1S/C14H20N2O/c1-2-3-9-17-13-6-4-5-12-14(13)11(7-8-15)10-16-12/h4-6,10,16H,2-3,7-9,15H2,1H3. The van der Waals surface area contributed by atoms with E-state index in [0.717, 1.165) is 37.1 Å². The molecular weight excluding hydrogens is 212 g/mol. The van der Waals surface area contributed by atoms with Gasteiger partial charge in [0.25, 0.3) is 0 Å². The summed E-state index contributed by atoms with van der Waals surface area (Å²) in [4.78, 5) is 3.27. The number of ether oxygens (including phenoxy) is 1. The summed E-state index contributed by atoms with van der Waals surface area (Å²) in [5, 5.41) is 1.19. The van der Waals surface area contributed by atoms with Crippen LogP contribution in [0.4, 0.5) is 0 Å². The molecule has 1 heterocycles. The van der Waals surface area contributed by atoms with Gasteiger partial charge in [0, 0.05) is 17.1 Å². The highest BCUT2D eigenvalue weighted by atomic mass is 16.5. The summed E-state index contributed by atoms with van der Waals surface area (Å²) in [6.07, 6.45) is 5.16. The van der Waals surface area contributed by atoms with Crippen molar-refractivity contribution < 1.29 is 4.74 Å². The number of hydrogen-bond donors (Lipinski definition) is 2. The molecule has 0 saturated carbocycles. The molecule has 0 unspecified atom stereocenters. The molecule has 0 bridgehead atoms. The minimum Gasteiger partial charge on any atom is -0.493 e. The van der Waals surface area contributed by atoms with E-state index in [1.807, 2.05) is 18.3 Å². The summed E-state index contributed by atoms with van der Waals surface area (Å²) in [7, 11) is 0. The Bertz CT molecular complexity index is 476. The number of benzene rings is 1. The van der Waals surface area contributed by atoms with Crippen LogP contribution in [0.25, 0.3) is 10.9 Å². The highest BCUT2D eigenvalue weighted by molar-refractivity contribution is 5.89. The molecule has 0 spiro atoms. The third-order valence-corrected chi connectivity index (χ3v) is 2.92. The van der Waals surface area contributed by atoms with Crippen LogP contribution < -0.4 is 10.5 Å². The van der Waals surface area contributed by atoms with Crippen molar-refractivity contribution in [1.29, 1.82) is 0 Å². The van der Waals surface area contributed by atoms with Gasteiger partial charge in [0.1, 0.15) is 5.75 Å². The van der Waals surface area contributed by atoms with E-state index in [9.17, 15) is 0 Å². The van der Waals surface area contributed by atoms with Crippen LogP contribution in [0.15, 0.2) is 24.4 Å². The van der Waals surface area contributed by atoms with Crippen LogP contribution in [0.3, 0.4) is 0 Å². The number of fused-ring (bicyclic) bond motifs is 1. The molecule has 2 aromatic rings. The fourth-order valence-electron chi connectivity index (χ4n) is 2.02. The van der Waals surface area contributed by atoms with Crippen molar-refractivity contribution >= 4 is 10.9 Å². The Balaban J connectivity index is 2.29. The van der Waals surface area contributed by atoms with Gasteiger partial charge in [-0.25, -0.2) is 0 Å². The minimum absolute atomic E-state index is 0.663. The number of hydrogen-bond acceptors (Lipinski definition) is 2. The lowest BCUT2D eigenvalue weighted by molar-refractivity contribution is 0.313. The summed E-state index contributed by atoms with van der Waals surface area (Å²) in [6.45, 7) is 3.61. The monoisotopic (exact) mass is 232 g/mol. The van der Waals surface area contributed by atoms with E-state index in [1.165, 1.54) is 10.9 Å². The molecule has 0 saturated heterocycles. The number of aromatic amines is 1. The smallest absolute Gasteiger partial charge is 0.128 e. The normalized spacial score (nSPS) is 10.9. The quantitative estimate of drug-likeness (QED) is 0.752. The average Bonchev–Trinajstić information content (AvgIpc) is 2.75. The van der Waals surface area contributed by atoms with Crippen molar-refractivity contribution in [2.24, 2.45) is 5.73 Å². The van der Waals surface area contributed by atoms with Crippen molar-refractivity contribution in [1.82, 2.24) is 4.98 Å². The molecule has 1 aromatic heterocycles. The number of aromatic nitrogens is 1. The molecule has 0 amide bonds. The molecule has 3 heteroatoms. The predicted octanol–water partition coefficient (Wildman–Crippen LogP) is 2.85. The summed E-state index contributed by atoms with van der Waals surface area (Å²) >= 11 is 0. The van der Waals surface area contributed by atoms with Gasteiger partial charge in [-0.15, -0.1) is 0 Å². The van der Waals surface area contributed by atoms with Crippen molar-refractivity contribution in [2.45, 2.75) is 26.2 Å². The van der Waals surface area contributed by atoms with Gasteiger partial charge in [-0.3, -0.25) is 0 Å². The first-order chi connectivity index (χ1) is 8.36. The Labute approximate surface area is 102 Å². The molecule has 3 nitrogen and oxygen atoms in total. The van der Waals surface area contributed by atoms with Crippen LogP contribution in [0.1, 0.15) is 25.3 Å². The Hall–Kier alpha value is -1.48. The van der Waals surface area contributed by atoms with Crippen LogP contribution in [0.5, 0.6) is 5.75 Å². The zero-order valence-corrected chi connectivity index (χ0v) is 10.3. The van der Waals surface area contributed by atoms with Crippen LogP contribution >= 0.6 is 0 Å². The van der Waals surface area contributed by atoms with Gasteiger partial charge < -0.3 is 15.5 Å². The highest BCUT2D eigenvalue weighted by Crippen LogP contribution is 2.29. The molecule has 0 radical (unpaired) electrons. The number of H-pyrrole nitrogens is 1. The molecule has 17 heavy (non-hydrogen) atoms. The van der Waals surface area contributed by atoms with Crippen molar-refractivity contribution in [3.8, 4) is 5.75 Å². The topological polar surface area (TPSA) is 51.0 Å². The second-order valence-electron chi connectivity index (χ2n) is 4.23. The Morgan fingerprint density at radius 1 is 1.35 bits per heavy atom. The Kier molecular flexibility index (Phi) is 4.04. The SMILES string of the molecule is CCCCOc1cccc2[nH]cc(CCN)c12. The first kappa shape index (κ1) is 12.0. The third kappa shape index (κ3) is 2.61. The van der Waals surface area contributed by atoms with E-state index >= 15 is 0 Å². The van der Waals surface area contributed by atoms with E-state index in [4.69, 9.17) is 10.5 Å². The maximum Gasteiger partial charge on any atom is 0.128 e. The second-order valence-corrected chi connectivity index (χ2v) is 4.23. The van der Waals surface area contributed by atoms with Crippen LogP contribution in [0.2, 0.25) is 0 Å². The number of nitrogens with two attached hydrogens (primary N) is 1. The van der Waals surface area contributed by atoms with Crippen LogP contribution in [-0.2, 0) is 6.42 Å². The van der Waals surface area contributed by atoms with Gasteiger partial charge in [0.15, 0.2) is 0 Å². The van der Waals surface area contributed by atoms with E-state index in [1.54, 1.807) is 0 Å². The van der Waals surface area contributed by atoms with Crippen LogP contribution in [-0.4, -0.2) is 18.1 Å². The fourth-order valence-corrected chi connectivity index (χ4v) is 2.02. The van der Waals surface area contributed by atoms with Gasteiger partial charge in [-0.05, 0) is 37.1 Å². The van der Waals surface area contributed by atoms with Gasteiger partial charge in [-0.1, -0.05) is 19.4 Å². The van der Waals surface area contributed by atoms with E-state index in [-0.39, 0.29) is 0 Å². The zero-order valence-electron chi connectivity index (χ0n) is 10.3. The number of rotatable bonds is 6. The van der Waals surface area contributed by atoms with E-state index in [0.29, 0.717) is 6.54 Å². The molecule has 0 aliphatic carbocycles. The summed E-state index contributed by atoms with van der Waals surface area (Å²) in [5.74, 6) is 0.973. The number of unbranched alkanes of at least 4 members (excludes halogenated alkanes) is 1. The second kappa shape index (κ2) is 5.73. The summed E-state index contributed by atoms with van der Waals surface area (Å²) in [6, 6.07) is 6.13. The lowest BCUT2D eigenvalue weighted by atomic mass is 10.1. The largest absolute Gasteiger partial charge is 0.493 e. The molecule has 1 aromatic carbocycles. The lowest BCUT2D eigenvalue weighted by Crippen LogP contribution is -2.03. The fraction of sp³-hybridized carbons (Fsp3) is 0.429. The summed E-state index contributed by atoms with van der Waals surface area (Å²) < 4.78 is 5.84. The molecule has 0 aliphatic rings. The predicted molar refractivity (Wildman–Crippen MR) is 71.5 cm³/mol. The molecule has 0 aliphatic heterocycles. The third-order valence-electron chi connectivity index (χ3n) is 2.92. The molecule has 0 fully saturated rings. The van der Waals surface area contributed by atoms with Crippen LogP contribution in [0, 0.1) is 0 Å². The maximum atomic E-state index is 5.84. The Morgan fingerprint density at radius 2 is 2.24 bits per heavy atom. The van der Waals surface area contributed by atoms with E-state index in [2.05, 4.69) is 18.0 Å². The zero-order chi connectivity index (χ0) is 12.1. The highest BCUT2D eigenvalue weighted by Gasteiger charge is 2.08. The molecular formula is C14H20N2O. The minimum atomic E-state index is 0.663. The Morgan fingerprint density at radius 3 is 3.00 bits per heavy atom. The summed E-state index contributed by atoms with van der Waals surface area (Å²) in [5.41, 5.74) is 8.00. The first-order valence-corrected chi connectivity index (χ1v) is 6.28. The number of nitrogens with one attached hydrogen (secondary N) is 1. The molecule has 0 atom stereocenters. The van der Waals surface area contributed by atoms with Crippen molar-refractivity contribution in [3.63, 3.8) is 0 Å². The first-order valence-electron chi connectivity index (χ1n) is 6.28. The van der Waals surface area contributed by atoms with Crippen molar-refractivity contribution in [3.05, 3.63) is 30.0 Å². The van der Waals surface area contributed by atoms with Gasteiger partial charge in [0.05, 0.1) is 6.61 Å². The molecule has 2 rings (SSSR count). The average molecular weight is 232 g/mol.